The minimum atomic E-state index is -0.951. The quantitative estimate of drug-likeness (QED) is 0.923. The molecule has 1 aromatic carbocycles. The first-order chi connectivity index (χ1) is 9.70. The van der Waals surface area contributed by atoms with Gasteiger partial charge >= 0.3 is 5.97 Å². The molecule has 1 N–H and O–H groups in total. The lowest BCUT2D eigenvalue weighted by Crippen LogP contribution is -2.22. The number of rotatable bonds is 3. The Morgan fingerprint density at radius 1 is 1.19 bits per heavy atom. The van der Waals surface area contributed by atoms with E-state index < -0.39 is 5.97 Å². The second-order valence-electron chi connectivity index (χ2n) is 6.59. The molecule has 21 heavy (non-hydrogen) atoms. The Bertz CT molecular complexity index is 646. The molecule has 0 radical (unpaired) electrons. The molecule has 4 nitrogen and oxygen atoms in total. The van der Waals surface area contributed by atoms with Crippen LogP contribution in [0.2, 0.25) is 0 Å². The lowest BCUT2D eigenvalue weighted by atomic mass is 10.00. The normalized spacial score (nSPS) is 11.9. The smallest absolute Gasteiger partial charge is 0.339 e. The van der Waals surface area contributed by atoms with Crippen molar-refractivity contribution < 1.29 is 9.90 Å². The predicted octanol–water partition coefficient (Wildman–Crippen LogP) is 4.13. The third-order valence-corrected chi connectivity index (χ3v) is 3.48. The number of hydrogen-bond acceptors (Lipinski definition) is 2. The molecular weight excluding hydrogens is 264 g/mol. The SMILES string of the molecule is CC(C)c1ccc(-c2nn(C(C)(C)C)cc2C(=O)O)cc1. The highest BCUT2D eigenvalue weighted by Crippen LogP contribution is 2.27. The molecule has 0 spiro atoms. The van der Waals surface area contributed by atoms with Gasteiger partial charge in [-0.1, -0.05) is 38.1 Å². The lowest BCUT2D eigenvalue weighted by Gasteiger charge is -2.18. The maximum Gasteiger partial charge on any atom is 0.339 e. The summed E-state index contributed by atoms with van der Waals surface area (Å²) >= 11 is 0. The van der Waals surface area contributed by atoms with E-state index in [0.29, 0.717) is 11.6 Å². The average molecular weight is 286 g/mol. The summed E-state index contributed by atoms with van der Waals surface area (Å²) in [6, 6.07) is 7.94. The molecule has 1 heterocycles. The molecule has 0 saturated carbocycles. The van der Waals surface area contributed by atoms with Gasteiger partial charge in [0.1, 0.15) is 11.3 Å². The van der Waals surface area contributed by atoms with Gasteiger partial charge in [-0.25, -0.2) is 4.79 Å². The number of benzene rings is 1. The molecule has 1 aromatic heterocycles. The highest BCUT2D eigenvalue weighted by Gasteiger charge is 2.22. The summed E-state index contributed by atoms with van der Waals surface area (Å²) in [4.78, 5) is 11.5. The first-order valence-electron chi connectivity index (χ1n) is 7.14. The van der Waals surface area contributed by atoms with Crippen molar-refractivity contribution in [3.05, 3.63) is 41.6 Å². The van der Waals surface area contributed by atoms with Crippen LogP contribution in [0.3, 0.4) is 0 Å². The maximum absolute atomic E-state index is 11.5. The fourth-order valence-electron chi connectivity index (χ4n) is 2.11. The molecule has 0 fully saturated rings. The van der Waals surface area contributed by atoms with Gasteiger partial charge in [0.15, 0.2) is 0 Å². The van der Waals surface area contributed by atoms with E-state index in [0.717, 1.165) is 5.56 Å². The molecule has 2 rings (SSSR count). The van der Waals surface area contributed by atoms with Crippen LogP contribution in [0.4, 0.5) is 0 Å². The number of nitrogens with zero attached hydrogens (tertiary/aromatic N) is 2. The number of aromatic carboxylic acids is 1. The minimum Gasteiger partial charge on any atom is -0.478 e. The topological polar surface area (TPSA) is 55.1 Å². The number of carbonyl (C=O) groups is 1. The Morgan fingerprint density at radius 3 is 2.19 bits per heavy atom. The van der Waals surface area contributed by atoms with E-state index in [2.05, 4.69) is 18.9 Å². The molecule has 0 saturated heterocycles. The maximum atomic E-state index is 11.5. The van der Waals surface area contributed by atoms with E-state index in [-0.39, 0.29) is 11.1 Å². The zero-order valence-corrected chi connectivity index (χ0v) is 13.2. The van der Waals surface area contributed by atoms with Crippen LogP contribution in [0.15, 0.2) is 30.5 Å². The fraction of sp³-hybridized carbons (Fsp3) is 0.412. The van der Waals surface area contributed by atoms with Gasteiger partial charge in [0.25, 0.3) is 0 Å². The molecule has 0 aliphatic heterocycles. The van der Waals surface area contributed by atoms with E-state index in [1.807, 2.05) is 45.0 Å². The number of carboxylic acids is 1. The van der Waals surface area contributed by atoms with Gasteiger partial charge in [-0.15, -0.1) is 0 Å². The third-order valence-electron chi connectivity index (χ3n) is 3.48. The second kappa shape index (κ2) is 5.35. The molecule has 112 valence electrons. The van der Waals surface area contributed by atoms with Crippen molar-refractivity contribution in [3.8, 4) is 11.3 Å². The number of aromatic nitrogens is 2. The van der Waals surface area contributed by atoms with Crippen LogP contribution in [-0.4, -0.2) is 20.9 Å². The zero-order valence-electron chi connectivity index (χ0n) is 13.2. The Kier molecular flexibility index (Phi) is 3.90. The van der Waals surface area contributed by atoms with Crippen LogP contribution in [0, 0.1) is 0 Å². The monoisotopic (exact) mass is 286 g/mol. The van der Waals surface area contributed by atoms with Crippen molar-refractivity contribution in [1.82, 2.24) is 9.78 Å². The highest BCUT2D eigenvalue weighted by atomic mass is 16.4. The van der Waals surface area contributed by atoms with Crippen molar-refractivity contribution in [2.75, 3.05) is 0 Å². The van der Waals surface area contributed by atoms with E-state index in [4.69, 9.17) is 0 Å². The molecule has 0 unspecified atom stereocenters. The lowest BCUT2D eigenvalue weighted by molar-refractivity contribution is 0.0697. The van der Waals surface area contributed by atoms with E-state index in [9.17, 15) is 9.90 Å². The third kappa shape index (κ3) is 3.15. The Morgan fingerprint density at radius 2 is 1.76 bits per heavy atom. The van der Waals surface area contributed by atoms with Crippen LogP contribution in [0.1, 0.15) is 56.5 Å². The largest absolute Gasteiger partial charge is 0.478 e. The van der Waals surface area contributed by atoms with Crippen molar-refractivity contribution in [2.45, 2.75) is 46.1 Å². The summed E-state index contributed by atoms with van der Waals surface area (Å²) in [7, 11) is 0. The predicted molar refractivity (Wildman–Crippen MR) is 83.7 cm³/mol. The van der Waals surface area contributed by atoms with Crippen LogP contribution in [0.5, 0.6) is 0 Å². The van der Waals surface area contributed by atoms with Crippen molar-refractivity contribution in [3.63, 3.8) is 0 Å². The highest BCUT2D eigenvalue weighted by molar-refractivity contribution is 5.94. The summed E-state index contributed by atoms with van der Waals surface area (Å²) in [5, 5.41) is 13.9. The van der Waals surface area contributed by atoms with E-state index in [1.165, 1.54) is 5.56 Å². The molecule has 0 aliphatic carbocycles. The Balaban J connectivity index is 2.52. The average Bonchev–Trinajstić information content (AvgIpc) is 2.83. The van der Waals surface area contributed by atoms with Gasteiger partial charge < -0.3 is 5.11 Å². The van der Waals surface area contributed by atoms with Crippen molar-refractivity contribution >= 4 is 5.97 Å². The van der Waals surface area contributed by atoms with Gasteiger partial charge in [-0.3, -0.25) is 4.68 Å². The Labute approximate surface area is 125 Å². The number of hydrogen-bond donors (Lipinski definition) is 1. The molecule has 4 heteroatoms. The van der Waals surface area contributed by atoms with Crippen LogP contribution < -0.4 is 0 Å². The molecule has 2 aromatic rings. The summed E-state index contributed by atoms with van der Waals surface area (Å²) in [5.41, 5.74) is 2.57. The summed E-state index contributed by atoms with van der Waals surface area (Å²) in [5.74, 6) is -0.501. The van der Waals surface area contributed by atoms with Crippen LogP contribution in [-0.2, 0) is 5.54 Å². The van der Waals surface area contributed by atoms with Crippen LogP contribution >= 0.6 is 0 Å². The van der Waals surface area contributed by atoms with Gasteiger partial charge in [-0.2, -0.15) is 5.10 Å². The zero-order chi connectivity index (χ0) is 15.8. The fourth-order valence-corrected chi connectivity index (χ4v) is 2.11. The second-order valence-corrected chi connectivity index (χ2v) is 6.59. The number of carboxylic acid groups (broad SMARTS) is 1. The molecular formula is C17H22N2O2. The minimum absolute atomic E-state index is 0.238. The molecule has 0 atom stereocenters. The van der Waals surface area contributed by atoms with Gasteiger partial charge in [0, 0.05) is 11.8 Å². The molecule has 0 amide bonds. The van der Waals surface area contributed by atoms with Crippen molar-refractivity contribution in [2.24, 2.45) is 0 Å². The van der Waals surface area contributed by atoms with Crippen molar-refractivity contribution in [1.29, 1.82) is 0 Å². The van der Waals surface area contributed by atoms with E-state index >= 15 is 0 Å². The van der Waals surface area contributed by atoms with Gasteiger partial charge in [0.2, 0.25) is 0 Å². The first kappa shape index (κ1) is 15.3. The van der Waals surface area contributed by atoms with Crippen LogP contribution in [0.25, 0.3) is 11.3 Å². The molecule has 0 bridgehead atoms. The van der Waals surface area contributed by atoms with Gasteiger partial charge in [-0.05, 0) is 32.3 Å². The molecule has 0 aliphatic rings. The summed E-state index contributed by atoms with van der Waals surface area (Å²) in [6.07, 6.45) is 1.61. The van der Waals surface area contributed by atoms with E-state index in [1.54, 1.807) is 10.9 Å². The van der Waals surface area contributed by atoms with Gasteiger partial charge in [0.05, 0.1) is 5.54 Å². The summed E-state index contributed by atoms with van der Waals surface area (Å²) in [6.45, 7) is 10.3. The summed E-state index contributed by atoms with van der Waals surface area (Å²) < 4.78 is 1.71. The first-order valence-corrected chi connectivity index (χ1v) is 7.14. The Hall–Kier alpha value is -2.10. The standard InChI is InChI=1S/C17H22N2O2/c1-11(2)12-6-8-13(9-7-12)15-14(16(20)21)10-19(18-15)17(3,4)5/h6-11H,1-5H3,(H,20,21).